The van der Waals surface area contributed by atoms with Crippen molar-refractivity contribution in [3.05, 3.63) is 58.1 Å². The molecule has 1 unspecified atom stereocenters. The van der Waals surface area contributed by atoms with Crippen LogP contribution in [0.4, 0.5) is 4.39 Å². The number of amides is 1. The molecule has 1 fully saturated rings. The molecular formula is C23H26FN3O3S2. The number of piperidine rings is 1. The summed E-state index contributed by atoms with van der Waals surface area (Å²) in [6.45, 7) is 7.22. The lowest BCUT2D eigenvalue weighted by Gasteiger charge is -2.30. The Morgan fingerprint density at radius 1 is 1.22 bits per heavy atom. The van der Waals surface area contributed by atoms with Gasteiger partial charge in [-0.1, -0.05) is 17.4 Å². The number of benzene rings is 2. The van der Waals surface area contributed by atoms with Gasteiger partial charge in [0.05, 0.1) is 21.0 Å². The number of hydrogen-bond acceptors (Lipinski definition) is 4. The zero-order valence-corrected chi connectivity index (χ0v) is 20.0. The summed E-state index contributed by atoms with van der Waals surface area (Å²) in [6.07, 6.45) is 1.16. The van der Waals surface area contributed by atoms with Crippen molar-refractivity contribution in [1.82, 2.24) is 8.87 Å². The highest BCUT2D eigenvalue weighted by Gasteiger charge is 2.33. The number of carbonyl (C=O) groups excluding carboxylic acids is 1. The van der Waals surface area contributed by atoms with Crippen molar-refractivity contribution in [2.24, 2.45) is 10.9 Å². The molecule has 0 aliphatic carbocycles. The molecule has 170 valence electrons. The molecule has 1 aliphatic rings. The Morgan fingerprint density at radius 2 is 1.94 bits per heavy atom. The van der Waals surface area contributed by atoms with E-state index >= 15 is 0 Å². The molecule has 0 saturated carbocycles. The highest BCUT2D eigenvalue weighted by atomic mass is 32.2. The minimum absolute atomic E-state index is 0.0307. The van der Waals surface area contributed by atoms with Crippen LogP contribution in [0.2, 0.25) is 0 Å². The molecule has 0 bridgehead atoms. The zero-order valence-electron chi connectivity index (χ0n) is 18.3. The van der Waals surface area contributed by atoms with E-state index in [9.17, 15) is 17.6 Å². The molecule has 1 amide bonds. The molecule has 1 saturated heterocycles. The molecule has 0 radical (unpaired) electrons. The van der Waals surface area contributed by atoms with Crippen molar-refractivity contribution in [2.45, 2.75) is 45.1 Å². The first-order chi connectivity index (χ1) is 15.2. The van der Waals surface area contributed by atoms with Crippen LogP contribution in [0.15, 0.2) is 46.3 Å². The quantitative estimate of drug-likeness (QED) is 0.573. The van der Waals surface area contributed by atoms with Gasteiger partial charge in [0.1, 0.15) is 5.82 Å². The van der Waals surface area contributed by atoms with Gasteiger partial charge in [0.2, 0.25) is 10.0 Å². The van der Waals surface area contributed by atoms with Crippen molar-refractivity contribution >= 4 is 37.5 Å². The van der Waals surface area contributed by atoms with Gasteiger partial charge in [-0.3, -0.25) is 4.79 Å². The SMILES string of the molecule is CCn1c(=NC(=O)C2CCCN(S(=O)(=O)c3ccc(F)cc3)C2)sc2c(C)cc(C)cc21. The molecule has 6 nitrogen and oxygen atoms in total. The number of nitrogens with zero attached hydrogens (tertiary/aromatic N) is 3. The number of rotatable bonds is 4. The molecule has 3 aromatic rings. The number of carbonyl (C=O) groups is 1. The fourth-order valence-corrected chi connectivity index (χ4v) is 6.88. The number of thiazole rings is 1. The number of hydrogen-bond donors (Lipinski definition) is 0. The average Bonchev–Trinajstić information content (AvgIpc) is 3.11. The smallest absolute Gasteiger partial charge is 0.252 e. The Labute approximate surface area is 191 Å². The lowest BCUT2D eigenvalue weighted by atomic mass is 9.99. The van der Waals surface area contributed by atoms with Crippen molar-refractivity contribution in [1.29, 1.82) is 0 Å². The summed E-state index contributed by atoms with van der Waals surface area (Å²) < 4.78 is 43.6. The first-order valence-electron chi connectivity index (χ1n) is 10.7. The van der Waals surface area contributed by atoms with Crippen molar-refractivity contribution in [3.8, 4) is 0 Å². The van der Waals surface area contributed by atoms with Gasteiger partial charge in [0.25, 0.3) is 5.91 Å². The fourth-order valence-electron chi connectivity index (χ4n) is 4.21. The van der Waals surface area contributed by atoms with E-state index in [1.54, 1.807) is 0 Å². The molecule has 4 rings (SSSR count). The van der Waals surface area contributed by atoms with Gasteiger partial charge in [0.15, 0.2) is 4.80 Å². The van der Waals surface area contributed by atoms with E-state index in [1.165, 1.54) is 27.8 Å². The lowest BCUT2D eigenvalue weighted by molar-refractivity contribution is -0.122. The molecule has 0 spiro atoms. The van der Waals surface area contributed by atoms with Crippen LogP contribution in [-0.4, -0.2) is 36.3 Å². The van der Waals surface area contributed by atoms with E-state index in [0.717, 1.165) is 33.5 Å². The second-order valence-electron chi connectivity index (χ2n) is 8.17. The van der Waals surface area contributed by atoms with Crippen LogP contribution < -0.4 is 4.80 Å². The number of sulfonamides is 1. The summed E-state index contributed by atoms with van der Waals surface area (Å²) in [4.78, 5) is 18.2. The van der Waals surface area contributed by atoms with E-state index in [4.69, 9.17) is 0 Å². The second kappa shape index (κ2) is 8.88. The summed E-state index contributed by atoms with van der Waals surface area (Å²) in [5.74, 6) is -1.29. The largest absolute Gasteiger partial charge is 0.317 e. The molecule has 1 aliphatic heterocycles. The number of aromatic nitrogens is 1. The number of halogens is 1. The first-order valence-corrected chi connectivity index (χ1v) is 12.9. The summed E-state index contributed by atoms with van der Waals surface area (Å²) in [7, 11) is -3.79. The molecular weight excluding hydrogens is 449 g/mol. The Balaban J connectivity index is 1.63. The number of aryl methyl sites for hydroxylation is 3. The molecule has 2 heterocycles. The van der Waals surface area contributed by atoms with E-state index in [0.29, 0.717) is 30.7 Å². The summed E-state index contributed by atoms with van der Waals surface area (Å²) >= 11 is 1.49. The monoisotopic (exact) mass is 475 g/mol. The van der Waals surface area contributed by atoms with Gasteiger partial charge in [-0.2, -0.15) is 9.30 Å². The Hall–Kier alpha value is -2.36. The van der Waals surface area contributed by atoms with Crippen LogP contribution in [0.1, 0.15) is 30.9 Å². The summed E-state index contributed by atoms with van der Waals surface area (Å²) in [5, 5.41) is 0. The first kappa shape index (κ1) is 22.8. The van der Waals surface area contributed by atoms with E-state index in [-0.39, 0.29) is 17.3 Å². The highest BCUT2D eigenvalue weighted by Crippen LogP contribution is 2.26. The van der Waals surface area contributed by atoms with Crippen molar-refractivity contribution in [2.75, 3.05) is 13.1 Å². The Morgan fingerprint density at radius 3 is 2.62 bits per heavy atom. The average molecular weight is 476 g/mol. The zero-order chi connectivity index (χ0) is 23.0. The molecule has 2 aromatic carbocycles. The predicted molar refractivity (Wildman–Crippen MR) is 123 cm³/mol. The number of fused-ring (bicyclic) bond motifs is 1. The van der Waals surface area contributed by atoms with E-state index in [2.05, 4.69) is 24.0 Å². The van der Waals surface area contributed by atoms with Crippen LogP contribution in [0.3, 0.4) is 0 Å². The van der Waals surface area contributed by atoms with Crippen LogP contribution in [-0.2, 0) is 21.4 Å². The summed E-state index contributed by atoms with van der Waals surface area (Å²) in [6, 6.07) is 8.98. The maximum Gasteiger partial charge on any atom is 0.252 e. The third-order valence-corrected chi connectivity index (χ3v) is 8.93. The summed E-state index contributed by atoms with van der Waals surface area (Å²) in [5.41, 5.74) is 3.36. The van der Waals surface area contributed by atoms with Gasteiger partial charge in [-0.15, -0.1) is 0 Å². The Kier molecular flexibility index (Phi) is 6.33. The minimum atomic E-state index is -3.79. The normalized spacial score (nSPS) is 18.4. The van der Waals surface area contributed by atoms with Gasteiger partial charge in [-0.05, 0) is 75.1 Å². The molecule has 1 aromatic heterocycles. The standard InChI is InChI=1S/C23H26FN3O3S2/c1-4-27-20-13-15(2)12-16(3)21(20)31-23(27)25-22(28)17-6-5-11-26(14-17)32(29,30)19-9-7-18(24)8-10-19/h7-10,12-13,17H,4-6,11,14H2,1-3H3. The van der Waals surface area contributed by atoms with Crippen LogP contribution >= 0.6 is 11.3 Å². The molecule has 1 atom stereocenters. The third-order valence-electron chi connectivity index (χ3n) is 5.82. The Bertz CT molecular complexity index is 1340. The third kappa shape index (κ3) is 4.29. The molecule has 32 heavy (non-hydrogen) atoms. The molecule has 9 heteroatoms. The van der Waals surface area contributed by atoms with E-state index < -0.39 is 21.8 Å². The highest BCUT2D eigenvalue weighted by molar-refractivity contribution is 7.89. The molecule has 0 N–H and O–H groups in total. The van der Waals surface area contributed by atoms with Gasteiger partial charge in [0, 0.05) is 19.6 Å². The minimum Gasteiger partial charge on any atom is -0.317 e. The fraction of sp³-hybridized carbons (Fsp3) is 0.391. The van der Waals surface area contributed by atoms with Crippen molar-refractivity contribution < 1.29 is 17.6 Å². The van der Waals surface area contributed by atoms with Crippen LogP contribution in [0, 0.1) is 25.6 Å². The predicted octanol–water partition coefficient (Wildman–Crippen LogP) is 4.01. The van der Waals surface area contributed by atoms with Crippen molar-refractivity contribution in [3.63, 3.8) is 0 Å². The van der Waals surface area contributed by atoms with Gasteiger partial charge >= 0.3 is 0 Å². The topological polar surface area (TPSA) is 71.7 Å². The van der Waals surface area contributed by atoms with Crippen LogP contribution in [0.25, 0.3) is 10.2 Å². The van der Waals surface area contributed by atoms with Gasteiger partial charge in [-0.25, -0.2) is 12.8 Å². The van der Waals surface area contributed by atoms with Crippen LogP contribution in [0.5, 0.6) is 0 Å². The maximum absolute atomic E-state index is 13.2. The van der Waals surface area contributed by atoms with E-state index in [1.807, 2.05) is 18.4 Å². The lowest BCUT2D eigenvalue weighted by Crippen LogP contribution is -2.42. The second-order valence-corrected chi connectivity index (χ2v) is 11.1. The van der Waals surface area contributed by atoms with Gasteiger partial charge < -0.3 is 4.57 Å². The maximum atomic E-state index is 13.2.